The van der Waals surface area contributed by atoms with Gasteiger partial charge in [-0.15, -0.1) is 0 Å². The lowest BCUT2D eigenvalue weighted by atomic mass is 10.1. The number of rotatable bonds is 2. The fourth-order valence-corrected chi connectivity index (χ4v) is 2.88. The van der Waals surface area contributed by atoms with Crippen molar-refractivity contribution in [2.75, 3.05) is 6.54 Å². The largest absolute Gasteiger partial charge is 0.310 e. The van der Waals surface area contributed by atoms with Crippen LogP contribution in [-0.4, -0.2) is 29.6 Å². The van der Waals surface area contributed by atoms with Crippen molar-refractivity contribution in [3.05, 3.63) is 35.9 Å². The van der Waals surface area contributed by atoms with E-state index in [9.17, 15) is 5.26 Å². The van der Waals surface area contributed by atoms with Crippen molar-refractivity contribution in [2.24, 2.45) is 0 Å². The van der Waals surface area contributed by atoms with Crippen LogP contribution in [0.15, 0.2) is 30.3 Å². The van der Waals surface area contributed by atoms with E-state index in [1.807, 2.05) is 6.07 Å². The Balaban J connectivity index is 1.78. The molecule has 0 radical (unpaired) electrons. The lowest BCUT2D eigenvalue weighted by molar-refractivity contribution is 0.178. The third kappa shape index (κ3) is 1.51. The maximum absolute atomic E-state index is 9.20. The van der Waals surface area contributed by atoms with Crippen LogP contribution in [0.2, 0.25) is 0 Å². The summed E-state index contributed by atoms with van der Waals surface area (Å²) >= 11 is 0. The normalized spacial score (nSPS) is 32.8. The molecule has 2 saturated heterocycles. The highest BCUT2D eigenvalue weighted by Gasteiger charge is 2.45. The van der Waals surface area contributed by atoms with Crippen LogP contribution in [0.3, 0.4) is 0 Å². The van der Waals surface area contributed by atoms with Crippen molar-refractivity contribution >= 4 is 0 Å². The Labute approximate surface area is 95.7 Å². The summed E-state index contributed by atoms with van der Waals surface area (Å²) in [7, 11) is 0. The minimum absolute atomic E-state index is 0.0546. The van der Waals surface area contributed by atoms with E-state index in [1.54, 1.807) is 0 Å². The van der Waals surface area contributed by atoms with E-state index < -0.39 is 0 Å². The van der Waals surface area contributed by atoms with Gasteiger partial charge in [0.1, 0.15) is 6.04 Å². The molecular weight excluding hydrogens is 198 g/mol. The third-order valence-electron chi connectivity index (χ3n) is 3.69. The summed E-state index contributed by atoms with van der Waals surface area (Å²) in [6.45, 7) is 1.94. The Bertz CT molecular complexity index is 409. The average Bonchev–Trinajstić information content (AvgIpc) is 2.91. The number of nitrogens with one attached hydrogen (secondary N) is 1. The minimum atomic E-state index is 0.0546. The maximum Gasteiger partial charge on any atom is 0.114 e. The number of hydrogen-bond donors (Lipinski definition) is 1. The quantitative estimate of drug-likeness (QED) is 0.800. The second-order valence-corrected chi connectivity index (χ2v) is 4.64. The first-order valence-corrected chi connectivity index (χ1v) is 5.81. The van der Waals surface area contributed by atoms with Gasteiger partial charge in [0.05, 0.1) is 6.07 Å². The van der Waals surface area contributed by atoms with Crippen LogP contribution in [0.4, 0.5) is 0 Å². The molecule has 0 aromatic heterocycles. The Morgan fingerprint density at radius 2 is 2.19 bits per heavy atom. The molecule has 3 atom stereocenters. The first kappa shape index (κ1) is 9.83. The summed E-state index contributed by atoms with van der Waals surface area (Å²) in [6.07, 6.45) is 1.13. The number of nitrogens with zero attached hydrogens (tertiary/aromatic N) is 2. The van der Waals surface area contributed by atoms with Crippen molar-refractivity contribution in [3.63, 3.8) is 0 Å². The maximum atomic E-state index is 9.20. The molecular formula is C13H15N3. The van der Waals surface area contributed by atoms with E-state index in [1.165, 1.54) is 5.56 Å². The smallest absolute Gasteiger partial charge is 0.114 e. The first-order valence-electron chi connectivity index (χ1n) is 5.81. The number of fused-ring (bicyclic) bond motifs is 2. The molecule has 2 fully saturated rings. The molecule has 2 aliphatic rings. The SMILES string of the molecule is N#CC1[C@H]2CC(CN2)N1Cc1ccccc1. The molecule has 3 rings (SSSR count). The summed E-state index contributed by atoms with van der Waals surface area (Å²) in [5, 5.41) is 12.6. The fraction of sp³-hybridized carbons (Fsp3) is 0.462. The van der Waals surface area contributed by atoms with E-state index in [2.05, 4.69) is 40.6 Å². The van der Waals surface area contributed by atoms with Gasteiger partial charge < -0.3 is 5.32 Å². The summed E-state index contributed by atoms with van der Waals surface area (Å²) in [6, 6.07) is 13.8. The van der Waals surface area contributed by atoms with Gasteiger partial charge in [0.2, 0.25) is 0 Å². The fourth-order valence-electron chi connectivity index (χ4n) is 2.88. The van der Waals surface area contributed by atoms with E-state index in [0.717, 1.165) is 19.5 Å². The minimum Gasteiger partial charge on any atom is -0.310 e. The molecule has 0 aliphatic carbocycles. The van der Waals surface area contributed by atoms with Gasteiger partial charge >= 0.3 is 0 Å². The van der Waals surface area contributed by atoms with E-state index in [-0.39, 0.29) is 6.04 Å². The van der Waals surface area contributed by atoms with Gasteiger partial charge in [-0.1, -0.05) is 30.3 Å². The Kier molecular flexibility index (Phi) is 2.39. The van der Waals surface area contributed by atoms with Crippen LogP contribution < -0.4 is 5.32 Å². The molecule has 0 spiro atoms. The Morgan fingerprint density at radius 1 is 1.38 bits per heavy atom. The van der Waals surface area contributed by atoms with Crippen molar-refractivity contribution in [2.45, 2.75) is 31.1 Å². The summed E-state index contributed by atoms with van der Waals surface area (Å²) in [5.74, 6) is 0. The van der Waals surface area contributed by atoms with Gasteiger partial charge in [-0.2, -0.15) is 5.26 Å². The molecule has 1 aromatic rings. The zero-order valence-electron chi connectivity index (χ0n) is 9.13. The highest BCUT2D eigenvalue weighted by molar-refractivity contribution is 5.19. The third-order valence-corrected chi connectivity index (χ3v) is 3.69. The lowest BCUT2D eigenvalue weighted by Crippen LogP contribution is -2.50. The molecule has 2 bridgehead atoms. The summed E-state index contributed by atoms with van der Waals surface area (Å²) in [5.41, 5.74) is 1.30. The highest BCUT2D eigenvalue weighted by Crippen LogP contribution is 2.30. The summed E-state index contributed by atoms with van der Waals surface area (Å²) < 4.78 is 0. The second-order valence-electron chi connectivity index (χ2n) is 4.64. The molecule has 1 aromatic carbocycles. The zero-order chi connectivity index (χ0) is 11.0. The number of likely N-dealkylation sites (tertiary alicyclic amines) is 1. The van der Waals surface area contributed by atoms with Crippen LogP contribution in [0.1, 0.15) is 12.0 Å². The van der Waals surface area contributed by atoms with E-state index in [4.69, 9.17) is 0 Å². The second kappa shape index (κ2) is 3.89. The molecule has 82 valence electrons. The predicted octanol–water partition coefficient (Wildman–Crippen LogP) is 1.12. The molecule has 2 unspecified atom stereocenters. The van der Waals surface area contributed by atoms with Crippen molar-refractivity contribution in [1.82, 2.24) is 10.2 Å². The number of hydrogen-bond acceptors (Lipinski definition) is 3. The molecule has 3 nitrogen and oxygen atoms in total. The molecule has 1 N–H and O–H groups in total. The average molecular weight is 213 g/mol. The lowest BCUT2D eigenvalue weighted by Gasteiger charge is -2.31. The number of nitriles is 1. The van der Waals surface area contributed by atoms with Crippen molar-refractivity contribution in [1.29, 1.82) is 5.26 Å². The summed E-state index contributed by atoms with van der Waals surface area (Å²) in [4.78, 5) is 2.34. The van der Waals surface area contributed by atoms with Crippen molar-refractivity contribution < 1.29 is 0 Å². The standard InChI is InChI=1S/C13H15N3/c14-7-13-12-6-11(8-15-12)16(13)9-10-4-2-1-3-5-10/h1-5,11-13,15H,6,8-9H2/t11?,12-,13?/m1/s1. The zero-order valence-corrected chi connectivity index (χ0v) is 9.13. The first-order chi connectivity index (χ1) is 7.88. The van der Waals surface area contributed by atoms with Gasteiger partial charge in [0.15, 0.2) is 0 Å². The van der Waals surface area contributed by atoms with Gasteiger partial charge in [0.25, 0.3) is 0 Å². The monoisotopic (exact) mass is 213 g/mol. The molecule has 2 heterocycles. The van der Waals surface area contributed by atoms with Gasteiger partial charge in [-0.25, -0.2) is 0 Å². The van der Waals surface area contributed by atoms with E-state index >= 15 is 0 Å². The van der Waals surface area contributed by atoms with Crippen LogP contribution in [0.25, 0.3) is 0 Å². The van der Waals surface area contributed by atoms with Crippen LogP contribution in [0, 0.1) is 11.3 Å². The predicted molar refractivity (Wildman–Crippen MR) is 61.6 cm³/mol. The number of piperazine rings is 1. The Morgan fingerprint density at radius 3 is 2.94 bits per heavy atom. The molecule has 0 amide bonds. The molecule has 16 heavy (non-hydrogen) atoms. The molecule has 0 saturated carbocycles. The van der Waals surface area contributed by atoms with Crippen LogP contribution >= 0.6 is 0 Å². The number of benzene rings is 1. The van der Waals surface area contributed by atoms with Crippen LogP contribution in [-0.2, 0) is 6.54 Å². The Hall–Kier alpha value is -1.37. The topological polar surface area (TPSA) is 39.1 Å². The van der Waals surface area contributed by atoms with Gasteiger partial charge in [0, 0.05) is 25.2 Å². The van der Waals surface area contributed by atoms with Gasteiger partial charge in [-0.05, 0) is 12.0 Å². The molecule has 3 heteroatoms. The van der Waals surface area contributed by atoms with Crippen LogP contribution in [0.5, 0.6) is 0 Å². The van der Waals surface area contributed by atoms with Crippen molar-refractivity contribution in [3.8, 4) is 6.07 Å². The molecule has 2 aliphatic heterocycles. The highest BCUT2D eigenvalue weighted by atomic mass is 15.3. The van der Waals surface area contributed by atoms with E-state index in [0.29, 0.717) is 12.1 Å². The van der Waals surface area contributed by atoms with Gasteiger partial charge in [-0.3, -0.25) is 4.90 Å².